The van der Waals surface area contributed by atoms with Gasteiger partial charge >= 0.3 is 0 Å². The zero-order chi connectivity index (χ0) is 7.54. The van der Waals surface area contributed by atoms with E-state index in [9.17, 15) is 0 Å². The van der Waals surface area contributed by atoms with Crippen LogP contribution in [0.3, 0.4) is 0 Å². The van der Waals surface area contributed by atoms with Crippen molar-refractivity contribution in [3.8, 4) is 0 Å². The van der Waals surface area contributed by atoms with Gasteiger partial charge < -0.3 is 5.32 Å². The van der Waals surface area contributed by atoms with E-state index >= 15 is 0 Å². The van der Waals surface area contributed by atoms with Crippen LogP contribution in [-0.2, 0) is 0 Å². The molecule has 0 amide bonds. The van der Waals surface area contributed by atoms with Gasteiger partial charge in [-0.1, -0.05) is 27.2 Å². The Bertz CT molecular complexity index is 28.1. The van der Waals surface area contributed by atoms with Crippen molar-refractivity contribution in [2.75, 3.05) is 19.3 Å². The molecule has 0 saturated carbocycles. The summed E-state index contributed by atoms with van der Waals surface area (Å²) in [4.78, 5) is 0. The van der Waals surface area contributed by atoms with Gasteiger partial charge in [-0.15, -0.1) is 9.24 Å². The highest BCUT2D eigenvalue weighted by Crippen LogP contribution is 1.81. The van der Waals surface area contributed by atoms with Crippen LogP contribution in [0.2, 0.25) is 0 Å². The van der Waals surface area contributed by atoms with Crippen molar-refractivity contribution in [2.45, 2.75) is 27.2 Å². The Morgan fingerprint density at radius 3 is 1.44 bits per heavy atom. The maximum Gasteiger partial charge on any atom is -0.00775 e. The monoisotopic (exact) mass is 149 g/mol. The molecule has 0 aromatic rings. The lowest BCUT2D eigenvalue weighted by Crippen LogP contribution is -2.09. The molecule has 0 bridgehead atoms. The Kier molecular flexibility index (Phi) is 21.2. The fraction of sp³-hybridized carbons (Fsp3) is 1.00. The Balaban J connectivity index is 0. The van der Waals surface area contributed by atoms with E-state index in [4.69, 9.17) is 0 Å². The Morgan fingerprint density at radius 2 is 1.44 bits per heavy atom. The van der Waals surface area contributed by atoms with Gasteiger partial charge in [0.1, 0.15) is 0 Å². The van der Waals surface area contributed by atoms with E-state index in [1.807, 2.05) is 0 Å². The summed E-state index contributed by atoms with van der Waals surface area (Å²) >= 11 is 0. The third kappa shape index (κ3) is 29.8. The quantitative estimate of drug-likeness (QED) is 0.604. The number of hydrogen-bond acceptors (Lipinski definition) is 1. The third-order valence-electron chi connectivity index (χ3n) is 0.789. The highest BCUT2D eigenvalue weighted by molar-refractivity contribution is 7.16. The van der Waals surface area contributed by atoms with Crippen LogP contribution in [0.4, 0.5) is 0 Å². The van der Waals surface area contributed by atoms with Gasteiger partial charge in [0.15, 0.2) is 0 Å². The molecule has 0 aliphatic carbocycles. The summed E-state index contributed by atoms with van der Waals surface area (Å²) in [5.74, 6) is 0. The van der Waals surface area contributed by atoms with E-state index in [0.29, 0.717) is 0 Å². The van der Waals surface area contributed by atoms with Crippen LogP contribution in [0.15, 0.2) is 0 Å². The van der Waals surface area contributed by atoms with Crippen LogP contribution in [0, 0.1) is 0 Å². The minimum atomic E-state index is 1.09. The molecule has 0 aromatic heterocycles. The molecule has 1 unspecified atom stereocenters. The van der Waals surface area contributed by atoms with Gasteiger partial charge in [-0.25, -0.2) is 0 Å². The van der Waals surface area contributed by atoms with Gasteiger partial charge in [0, 0.05) is 0 Å². The fourth-order valence-corrected chi connectivity index (χ4v) is 0.250. The lowest BCUT2D eigenvalue weighted by atomic mass is 10.6. The molecular weight excluding hydrogens is 129 g/mol. The fourth-order valence-electron chi connectivity index (χ4n) is 0.250. The van der Waals surface area contributed by atoms with E-state index < -0.39 is 0 Å². The smallest absolute Gasteiger partial charge is 0.00775 e. The van der Waals surface area contributed by atoms with Gasteiger partial charge in [0.2, 0.25) is 0 Å². The minimum Gasteiger partial charge on any atom is -0.317 e. The molecule has 0 saturated heterocycles. The topological polar surface area (TPSA) is 12.0 Å². The molecule has 0 rings (SSSR count). The van der Waals surface area contributed by atoms with Crippen molar-refractivity contribution in [2.24, 2.45) is 0 Å². The first kappa shape index (κ1) is 12.1. The highest BCUT2D eigenvalue weighted by Gasteiger charge is 1.62. The van der Waals surface area contributed by atoms with E-state index in [0.717, 1.165) is 13.1 Å². The molecule has 2 heteroatoms. The lowest BCUT2D eigenvalue weighted by molar-refractivity contribution is 0.762. The molecule has 0 spiro atoms. The first-order valence-corrected chi connectivity index (χ1v) is 4.55. The van der Waals surface area contributed by atoms with Gasteiger partial charge in [-0.05, 0) is 19.3 Å². The first-order valence-electron chi connectivity index (χ1n) is 3.74. The lowest BCUT2D eigenvalue weighted by Gasteiger charge is -1.86. The molecule has 58 valence electrons. The summed E-state index contributed by atoms with van der Waals surface area (Å²) in [6.07, 6.45) is 2.52. The second kappa shape index (κ2) is 15.8. The SMILES string of the molecule is CCCP.CCNCC. The van der Waals surface area contributed by atoms with Crippen LogP contribution in [0.25, 0.3) is 0 Å². The molecule has 1 nitrogen and oxygen atoms in total. The van der Waals surface area contributed by atoms with Gasteiger partial charge in [0.05, 0.1) is 0 Å². The molecule has 0 heterocycles. The van der Waals surface area contributed by atoms with Gasteiger partial charge in [0.25, 0.3) is 0 Å². The second-order valence-corrected chi connectivity index (χ2v) is 2.32. The van der Waals surface area contributed by atoms with Crippen LogP contribution in [0.5, 0.6) is 0 Å². The summed E-state index contributed by atoms with van der Waals surface area (Å²) in [6.45, 7) is 8.55. The number of rotatable bonds is 3. The summed E-state index contributed by atoms with van der Waals surface area (Å²) in [5.41, 5.74) is 0. The molecule has 1 N–H and O–H groups in total. The van der Waals surface area contributed by atoms with E-state index in [1.54, 1.807) is 0 Å². The molecule has 0 aliphatic heterocycles. The van der Waals surface area contributed by atoms with Crippen molar-refractivity contribution >= 4 is 9.24 Å². The van der Waals surface area contributed by atoms with Crippen LogP contribution in [0.1, 0.15) is 27.2 Å². The normalized spacial score (nSPS) is 8.00. The van der Waals surface area contributed by atoms with Crippen LogP contribution in [-0.4, -0.2) is 19.3 Å². The predicted octanol–water partition coefficient (Wildman–Crippen LogP) is 1.89. The zero-order valence-corrected chi connectivity index (χ0v) is 8.06. The van der Waals surface area contributed by atoms with Gasteiger partial charge in [-0.2, -0.15) is 0 Å². The molecular formula is C7H20NP. The third-order valence-corrected chi connectivity index (χ3v) is 1.37. The number of nitrogens with one attached hydrogen (secondary N) is 1. The minimum absolute atomic E-state index is 1.09. The standard InChI is InChI=1S/C4H11N.C3H9P/c1-3-5-4-2;1-2-3-4/h5H,3-4H2,1-2H3;2-4H2,1H3. The summed E-state index contributed by atoms with van der Waals surface area (Å²) < 4.78 is 0. The van der Waals surface area contributed by atoms with E-state index in [1.165, 1.54) is 12.6 Å². The number of hydrogen-bond donors (Lipinski definition) is 1. The maximum absolute atomic E-state index is 3.11. The summed E-state index contributed by atoms with van der Waals surface area (Å²) in [7, 11) is 2.66. The molecule has 0 radical (unpaired) electrons. The molecule has 9 heavy (non-hydrogen) atoms. The van der Waals surface area contributed by atoms with Crippen molar-refractivity contribution in [3.05, 3.63) is 0 Å². The predicted molar refractivity (Wildman–Crippen MR) is 49.1 cm³/mol. The first-order chi connectivity index (χ1) is 4.33. The Hall–Kier alpha value is 0.390. The average molecular weight is 149 g/mol. The van der Waals surface area contributed by atoms with Crippen molar-refractivity contribution < 1.29 is 0 Å². The Morgan fingerprint density at radius 1 is 1.11 bits per heavy atom. The highest BCUT2D eigenvalue weighted by atomic mass is 31.0. The van der Waals surface area contributed by atoms with Crippen molar-refractivity contribution in [1.82, 2.24) is 5.32 Å². The Labute approximate surface area is 61.8 Å². The molecule has 1 atom stereocenters. The average Bonchev–Trinajstić information content (AvgIpc) is 1.91. The maximum atomic E-state index is 3.11. The van der Waals surface area contributed by atoms with Crippen LogP contribution >= 0.6 is 9.24 Å². The second-order valence-electron chi connectivity index (χ2n) is 1.75. The van der Waals surface area contributed by atoms with Crippen molar-refractivity contribution in [1.29, 1.82) is 0 Å². The van der Waals surface area contributed by atoms with E-state index in [-0.39, 0.29) is 0 Å². The molecule has 0 aliphatic rings. The summed E-state index contributed by atoms with van der Waals surface area (Å²) in [5, 5.41) is 3.11. The largest absolute Gasteiger partial charge is 0.317 e. The van der Waals surface area contributed by atoms with E-state index in [2.05, 4.69) is 35.3 Å². The zero-order valence-electron chi connectivity index (χ0n) is 6.91. The molecule has 0 aromatic carbocycles. The summed E-state index contributed by atoms with van der Waals surface area (Å²) in [6, 6.07) is 0. The van der Waals surface area contributed by atoms with Crippen LogP contribution < -0.4 is 5.32 Å². The van der Waals surface area contributed by atoms with Crippen molar-refractivity contribution in [3.63, 3.8) is 0 Å². The molecule has 0 fully saturated rings. The van der Waals surface area contributed by atoms with Gasteiger partial charge in [-0.3, -0.25) is 0 Å².